The van der Waals surface area contributed by atoms with Gasteiger partial charge in [-0.2, -0.15) is 0 Å². The summed E-state index contributed by atoms with van der Waals surface area (Å²) in [7, 11) is 0. The fraction of sp³-hybridized carbons (Fsp3) is 0.818. The van der Waals surface area contributed by atoms with Gasteiger partial charge in [0.1, 0.15) is 0 Å². The van der Waals surface area contributed by atoms with Gasteiger partial charge in [0.25, 0.3) is 0 Å². The Bertz CT molecular complexity index is 153. The molecule has 0 unspecified atom stereocenters. The van der Waals surface area contributed by atoms with Crippen LogP contribution < -0.4 is 0 Å². The molecule has 12 heavy (non-hydrogen) atoms. The minimum atomic E-state index is 0.880. The van der Waals surface area contributed by atoms with Crippen LogP contribution >= 0.6 is 0 Å². The highest BCUT2D eigenvalue weighted by molar-refractivity contribution is 4.89. The van der Waals surface area contributed by atoms with E-state index in [0.717, 1.165) is 19.0 Å². The van der Waals surface area contributed by atoms with Crippen molar-refractivity contribution < 1.29 is 0 Å². The first-order valence-electron chi connectivity index (χ1n) is 5.06. The molecule has 0 heterocycles. The fourth-order valence-electron chi connectivity index (χ4n) is 1.49. The standard InChI is InChI=1S/C11H19N/c1-3-5-9-12(10-6-4-2)11-7-8-11/h1,11H,4-10H2,2H3. The molecule has 0 saturated heterocycles. The maximum atomic E-state index is 5.25. The minimum absolute atomic E-state index is 0.880. The van der Waals surface area contributed by atoms with E-state index in [4.69, 9.17) is 6.42 Å². The summed E-state index contributed by atoms with van der Waals surface area (Å²) in [6, 6.07) is 0.880. The molecule has 0 aromatic heterocycles. The second-order valence-electron chi connectivity index (χ2n) is 3.57. The molecule has 0 bridgehead atoms. The van der Waals surface area contributed by atoms with Crippen molar-refractivity contribution in [2.75, 3.05) is 13.1 Å². The Morgan fingerprint density at radius 3 is 2.67 bits per heavy atom. The third-order valence-corrected chi connectivity index (χ3v) is 2.41. The number of terminal acetylenes is 1. The van der Waals surface area contributed by atoms with Crippen LogP contribution in [0, 0.1) is 12.3 Å². The van der Waals surface area contributed by atoms with Crippen molar-refractivity contribution in [3.05, 3.63) is 0 Å². The maximum Gasteiger partial charge on any atom is 0.0214 e. The van der Waals surface area contributed by atoms with Crippen LogP contribution in [0.15, 0.2) is 0 Å². The van der Waals surface area contributed by atoms with E-state index in [9.17, 15) is 0 Å². The largest absolute Gasteiger partial charge is 0.299 e. The van der Waals surface area contributed by atoms with E-state index >= 15 is 0 Å². The maximum absolute atomic E-state index is 5.25. The molecule has 0 amide bonds. The van der Waals surface area contributed by atoms with Gasteiger partial charge in [-0.05, 0) is 25.8 Å². The normalized spacial score (nSPS) is 16.4. The zero-order valence-corrected chi connectivity index (χ0v) is 8.05. The van der Waals surface area contributed by atoms with Crippen LogP contribution in [0.1, 0.15) is 39.0 Å². The van der Waals surface area contributed by atoms with Gasteiger partial charge in [0, 0.05) is 19.0 Å². The predicted octanol–water partition coefficient (Wildman–Crippen LogP) is 2.27. The first kappa shape index (κ1) is 9.61. The Labute approximate surface area is 76.1 Å². The lowest BCUT2D eigenvalue weighted by atomic mass is 10.3. The van der Waals surface area contributed by atoms with Gasteiger partial charge < -0.3 is 0 Å². The smallest absolute Gasteiger partial charge is 0.0214 e. The topological polar surface area (TPSA) is 3.24 Å². The van der Waals surface area contributed by atoms with Gasteiger partial charge in [0.2, 0.25) is 0 Å². The Balaban J connectivity index is 2.14. The number of rotatable bonds is 6. The zero-order chi connectivity index (χ0) is 8.81. The SMILES string of the molecule is C#CCCN(CCCC)C1CC1. The van der Waals surface area contributed by atoms with Crippen LogP contribution in [0.5, 0.6) is 0 Å². The van der Waals surface area contributed by atoms with E-state index in [0.29, 0.717) is 0 Å². The van der Waals surface area contributed by atoms with Gasteiger partial charge in [-0.25, -0.2) is 0 Å². The monoisotopic (exact) mass is 165 g/mol. The molecule has 0 N–H and O–H groups in total. The summed E-state index contributed by atoms with van der Waals surface area (Å²) in [5, 5.41) is 0. The molecule has 0 radical (unpaired) electrons. The molecule has 0 spiro atoms. The van der Waals surface area contributed by atoms with Crippen molar-refractivity contribution in [3.63, 3.8) is 0 Å². The van der Waals surface area contributed by atoms with Crippen LogP contribution in [-0.2, 0) is 0 Å². The van der Waals surface area contributed by atoms with Crippen LogP contribution in [0.2, 0.25) is 0 Å². The van der Waals surface area contributed by atoms with Crippen LogP contribution in [0.4, 0.5) is 0 Å². The third-order valence-electron chi connectivity index (χ3n) is 2.41. The Kier molecular flexibility index (Phi) is 4.18. The molecular formula is C11H19N. The summed E-state index contributed by atoms with van der Waals surface area (Å²) >= 11 is 0. The van der Waals surface area contributed by atoms with Gasteiger partial charge in [0.15, 0.2) is 0 Å². The summed E-state index contributed by atoms with van der Waals surface area (Å²) in [6.45, 7) is 4.61. The van der Waals surface area contributed by atoms with Crippen LogP contribution in [0.3, 0.4) is 0 Å². The van der Waals surface area contributed by atoms with E-state index in [2.05, 4.69) is 17.7 Å². The quantitative estimate of drug-likeness (QED) is 0.546. The highest BCUT2D eigenvalue weighted by Gasteiger charge is 2.27. The highest BCUT2D eigenvalue weighted by atomic mass is 15.2. The number of hydrogen-bond acceptors (Lipinski definition) is 1. The average molecular weight is 165 g/mol. The van der Waals surface area contributed by atoms with Crippen molar-refractivity contribution in [3.8, 4) is 12.3 Å². The molecule has 1 nitrogen and oxygen atoms in total. The fourth-order valence-corrected chi connectivity index (χ4v) is 1.49. The van der Waals surface area contributed by atoms with Gasteiger partial charge in [-0.3, -0.25) is 4.90 Å². The molecule has 1 aliphatic rings. The van der Waals surface area contributed by atoms with E-state index in [-0.39, 0.29) is 0 Å². The summed E-state index contributed by atoms with van der Waals surface area (Å²) in [6.07, 6.45) is 11.6. The van der Waals surface area contributed by atoms with E-state index < -0.39 is 0 Å². The molecule has 0 atom stereocenters. The molecule has 0 aliphatic heterocycles. The van der Waals surface area contributed by atoms with E-state index in [1.54, 1.807) is 0 Å². The number of nitrogens with zero attached hydrogens (tertiary/aromatic N) is 1. The Hall–Kier alpha value is -0.480. The molecule has 1 aliphatic carbocycles. The number of unbranched alkanes of at least 4 members (excludes halogenated alkanes) is 1. The van der Waals surface area contributed by atoms with Crippen molar-refractivity contribution in [1.29, 1.82) is 0 Å². The lowest BCUT2D eigenvalue weighted by Gasteiger charge is -2.20. The number of hydrogen-bond donors (Lipinski definition) is 0. The summed E-state index contributed by atoms with van der Waals surface area (Å²) < 4.78 is 0. The second kappa shape index (κ2) is 5.22. The molecule has 68 valence electrons. The van der Waals surface area contributed by atoms with Crippen molar-refractivity contribution in [2.45, 2.75) is 45.1 Å². The Morgan fingerprint density at radius 1 is 1.42 bits per heavy atom. The first-order valence-corrected chi connectivity index (χ1v) is 5.06. The zero-order valence-electron chi connectivity index (χ0n) is 8.05. The first-order chi connectivity index (χ1) is 5.88. The molecule has 1 heteroatoms. The van der Waals surface area contributed by atoms with Crippen molar-refractivity contribution >= 4 is 0 Å². The van der Waals surface area contributed by atoms with Gasteiger partial charge in [-0.1, -0.05) is 13.3 Å². The van der Waals surface area contributed by atoms with Crippen LogP contribution in [0.25, 0.3) is 0 Å². The summed E-state index contributed by atoms with van der Waals surface area (Å²) in [5.41, 5.74) is 0. The predicted molar refractivity (Wildman–Crippen MR) is 53.0 cm³/mol. The molecule has 1 fully saturated rings. The highest BCUT2D eigenvalue weighted by Crippen LogP contribution is 2.26. The van der Waals surface area contributed by atoms with Gasteiger partial charge in [-0.15, -0.1) is 12.3 Å². The van der Waals surface area contributed by atoms with E-state index in [1.807, 2.05) is 0 Å². The van der Waals surface area contributed by atoms with Gasteiger partial charge in [0.05, 0.1) is 0 Å². The Morgan fingerprint density at radius 2 is 2.17 bits per heavy atom. The lowest BCUT2D eigenvalue weighted by molar-refractivity contribution is 0.265. The molecular weight excluding hydrogens is 146 g/mol. The molecule has 0 aromatic carbocycles. The van der Waals surface area contributed by atoms with Crippen molar-refractivity contribution in [1.82, 2.24) is 4.90 Å². The average Bonchev–Trinajstić information content (AvgIpc) is 2.88. The van der Waals surface area contributed by atoms with Gasteiger partial charge >= 0.3 is 0 Å². The lowest BCUT2D eigenvalue weighted by Crippen LogP contribution is -2.28. The molecule has 1 saturated carbocycles. The van der Waals surface area contributed by atoms with Crippen molar-refractivity contribution in [2.24, 2.45) is 0 Å². The third kappa shape index (κ3) is 3.28. The van der Waals surface area contributed by atoms with E-state index in [1.165, 1.54) is 32.2 Å². The summed E-state index contributed by atoms with van der Waals surface area (Å²) in [5.74, 6) is 2.72. The second-order valence-corrected chi connectivity index (χ2v) is 3.57. The van der Waals surface area contributed by atoms with Crippen LogP contribution in [-0.4, -0.2) is 24.0 Å². The molecule has 0 aromatic rings. The summed E-state index contributed by atoms with van der Waals surface area (Å²) in [4.78, 5) is 2.56. The minimum Gasteiger partial charge on any atom is -0.299 e. The molecule has 1 rings (SSSR count).